The number of rotatable bonds is 8. The minimum absolute atomic E-state index is 0.107. The van der Waals surface area contributed by atoms with Crippen molar-refractivity contribution in [2.24, 2.45) is 4.99 Å². The van der Waals surface area contributed by atoms with Crippen LogP contribution in [0.2, 0.25) is 0 Å². The highest BCUT2D eigenvalue weighted by molar-refractivity contribution is 5.79. The van der Waals surface area contributed by atoms with Crippen LogP contribution in [0, 0.1) is 5.82 Å². The van der Waals surface area contributed by atoms with Crippen LogP contribution in [-0.4, -0.2) is 45.2 Å². The molecule has 0 saturated heterocycles. The molecule has 0 aliphatic heterocycles. The Bertz CT molecular complexity index is 714. The molecule has 27 heavy (non-hydrogen) atoms. The molecule has 0 spiro atoms. The van der Waals surface area contributed by atoms with Crippen molar-refractivity contribution in [3.8, 4) is 5.75 Å². The molecule has 2 aromatic carbocycles. The second-order valence-electron chi connectivity index (χ2n) is 6.46. The molecule has 0 bridgehead atoms. The molecule has 5 nitrogen and oxygen atoms in total. The third-order valence-corrected chi connectivity index (χ3v) is 4.26. The van der Waals surface area contributed by atoms with Crippen LogP contribution in [0.1, 0.15) is 24.1 Å². The number of hydrogen-bond acceptors (Lipinski definition) is 3. The van der Waals surface area contributed by atoms with Crippen LogP contribution in [0.3, 0.4) is 0 Å². The molecule has 1 unspecified atom stereocenters. The van der Waals surface area contributed by atoms with Crippen molar-refractivity contribution in [3.05, 3.63) is 65.5 Å². The number of ether oxygens (including phenoxy) is 1. The van der Waals surface area contributed by atoms with Crippen LogP contribution in [0.15, 0.2) is 53.5 Å². The molecular weight excluding hydrogens is 343 g/mol. The highest BCUT2D eigenvalue weighted by Crippen LogP contribution is 2.17. The first-order valence-corrected chi connectivity index (χ1v) is 9.10. The van der Waals surface area contributed by atoms with E-state index in [0.29, 0.717) is 13.1 Å². The Morgan fingerprint density at radius 1 is 1.07 bits per heavy atom. The molecule has 0 fully saturated rings. The molecule has 6 heteroatoms. The molecule has 146 valence electrons. The second kappa shape index (κ2) is 10.5. The molecular formula is C21H29FN4O. The summed E-state index contributed by atoms with van der Waals surface area (Å²) >= 11 is 0. The van der Waals surface area contributed by atoms with Gasteiger partial charge in [-0.15, -0.1) is 0 Å². The molecule has 0 heterocycles. The molecule has 2 N–H and O–H groups in total. The van der Waals surface area contributed by atoms with E-state index in [2.05, 4.69) is 20.5 Å². The number of nitrogens with one attached hydrogen (secondary N) is 2. The van der Waals surface area contributed by atoms with Crippen molar-refractivity contribution in [2.45, 2.75) is 19.5 Å². The van der Waals surface area contributed by atoms with E-state index in [-0.39, 0.29) is 11.9 Å². The largest absolute Gasteiger partial charge is 0.497 e. The molecule has 0 aromatic heterocycles. The SMILES string of the molecule is CCNC(=NCc1ccc(OC)cc1)NCC(c1ccc(F)cc1)N(C)C. The van der Waals surface area contributed by atoms with Gasteiger partial charge in [0.1, 0.15) is 11.6 Å². The van der Waals surface area contributed by atoms with Crippen LogP contribution in [0.4, 0.5) is 4.39 Å². The second-order valence-corrected chi connectivity index (χ2v) is 6.46. The standard InChI is InChI=1S/C21H29FN4O/c1-5-23-21(24-14-16-6-12-19(27-4)13-7-16)25-15-20(26(2)3)17-8-10-18(22)11-9-17/h6-13,20H,5,14-15H2,1-4H3,(H2,23,24,25). The number of hydrogen-bond donors (Lipinski definition) is 2. The van der Waals surface area contributed by atoms with Crippen molar-refractivity contribution < 1.29 is 9.13 Å². The summed E-state index contributed by atoms with van der Waals surface area (Å²) in [6.45, 7) is 4.04. The highest BCUT2D eigenvalue weighted by atomic mass is 19.1. The summed E-state index contributed by atoms with van der Waals surface area (Å²) in [6, 6.07) is 14.6. The number of aliphatic imine (C=N–C) groups is 1. The molecule has 0 radical (unpaired) electrons. The minimum atomic E-state index is -0.224. The fraction of sp³-hybridized carbons (Fsp3) is 0.381. The van der Waals surface area contributed by atoms with E-state index in [1.54, 1.807) is 7.11 Å². The van der Waals surface area contributed by atoms with E-state index in [4.69, 9.17) is 4.74 Å². The lowest BCUT2D eigenvalue weighted by atomic mass is 10.1. The molecule has 0 amide bonds. The lowest BCUT2D eigenvalue weighted by Gasteiger charge is -2.26. The number of likely N-dealkylation sites (N-methyl/N-ethyl adjacent to an activating group) is 1. The molecule has 0 saturated carbocycles. The van der Waals surface area contributed by atoms with Crippen molar-refractivity contribution in [3.63, 3.8) is 0 Å². The van der Waals surface area contributed by atoms with Gasteiger partial charge < -0.3 is 20.3 Å². The Hall–Kier alpha value is -2.60. The van der Waals surface area contributed by atoms with Gasteiger partial charge in [-0.3, -0.25) is 0 Å². The monoisotopic (exact) mass is 372 g/mol. The average molecular weight is 372 g/mol. The van der Waals surface area contributed by atoms with E-state index in [0.717, 1.165) is 29.4 Å². The number of guanidine groups is 1. The van der Waals surface area contributed by atoms with Gasteiger partial charge in [-0.1, -0.05) is 24.3 Å². The van der Waals surface area contributed by atoms with Crippen LogP contribution in [0.25, 0.3) is 0 Å². The smallest absolute Gasteiger partial charge is 0.191 e. The molecule has 0 aliphatic carbocycles. The summed E-state index contributed by atoms with van der Waals surface area (Å²) in [5.74, 6) is 1.36. The van der Waals surface area contributed by atoms with Crippen molar-refractivity contribution in [1.82, 2.24) is 15.5 Å². The van der Waals surface area contributed by atoms with Crippen LogP contribution in [-0.2, 0) is 6.54 Å². The Morgan fingerprint density at radius 2 is 1.74 bits per heavy atom. The quantitative estimate of drug-likeness (QED) is 0.552. The van der Waals surface area contributed by atoms with Crippen LogP contribution in [0.5, 0.6) is 5.75 Å². The zero-order valence-electron chi connectivity index (χ0n) is 16.5. The summed E-state index contributed by atoms with van der Waals surface area (Å²) in [4.78, 5) is 6.76. The molecule has 1 atom stereocenters. The van der Waals surface area contributed by atoms with Gasteiger partial charge in [0.15, 0.2) is 5.96 Å². The molecule has 0 aliphatic rings. The third kappa shape index (κ3) is 6.57. The van der Waals surface area contributed by atoms with E-state index >= 15 is 0 Å². The number of methoxy groups -OCH3 is 1. The zero-order chi connectivity index (χ0) is 19.6. The highest BCUT2D eigenvalue weighted by Gasteiger charge is 2.14. The Kier molecular flexibility index (Phi) is 8.07. The summed E-state index contributed by atoms with van der Waals surface area (Å²) in [5.41, 5.74) is 2.16. The summed E-state index contributed by atoms with van der Waals surface area (Å²) in [5, 5.41) is 6.65. The summed E-state index contributed by atoms with van der Waals surface area (Å²) in [7, 11) is 5.68. The predicted molar refractivity (Wildman–Crippen MR) is 109 cm³/mol. The van der Waals surface area contributed by atoms with Gasteiger partial charge in [-0.25, -0.2) is 9.38 Å². The first kappa shape index (κ1) is 20.7. The Balaban J connectivity index is 2.03. The van der Waals surface area contributed by atoms with Gasteiger partial charge in [0, 0.05) is 13.1 Å². The molecule has 2 rings (SSSR count). The van der Waals surface area contributed by atoms with E-state index < -0.39 is 0 Å². The third-order valence-electron chi connectivity index (χ3n) is 4.26. The topological polar surface area (TPSA) is 48.9 Å². The van der Waals surface area contributed by atoms with Gasteiger partial charge in [0.05, 0.1) is 19.7 Å². The lowest BCUT2D eigenvalue weighted by molar-refractivity contribution is 0.298. The summed E-state index contributed by atoms with van der Waals surface area (Å²) < 4.78 is 18.4. The maximum atomic E-state index is 13.2. The van der Waals surface area contributed by atoms with Crippen molar-refractivity contribution >= 4 is 5.96 Å². The summed E-state index contributed by atoms with van der Waals surface area (Å²) in [6.07, 6.45) is 0. The van der Waals surface area contributed by atoms with Crippen LogP contribution >= 0.6 is 0 Å². The van der Waals surface area contributed by atoms with E-state index in [1.165, 1.54) is 12.1 Å². The van der Waals surface area contributed by atoms with Crippen molar-refractivity contribution in [1.29, 1.82) is 0 Å². The normalized spacial score (nSPS) is 12.7. The maximum Gasteiger partial charge on any atom is 0.191 e. The van der Waals surface area contributed by atoms with Gasteiger partial charge in [-0.05, 0) is 56.4 Å². The number of nitrogens with zero attached hydrogens (tertiary/aromatic N) is 2. The van der Waals surface area contributed by atoms with E-state index in [1.807, 2.05) is 57.4 Å². The van der Waals surface area contributed by atoms with Gasteiger partial charge >= 0.3 is 0 Å². The van der Waals surface area contributed by atoms with Gasteiger partial charge in [0.25, 0.3) is 0 Å². The lowest BCUT2D eigenvalue weighted by Crippen LogP contribution is -2.41. The van der Waals surface area contributed by atoms with Gasteiger partial charge in [-0.2, -0.15) is 0 Å². The first-order chi connectivity index (χ1) is 13.0. The Labute approximate surface area is 161 Å². The molecule has 2 aromatic rings. The number of halogens is 1. The zero-order valence-corrected chi connectivity index (χ0v) is 16.5. The van der Waals surface area contributed by atoms with Crippen LogP contribution < -0.4 is 15.4 Å². The fourth-order valence-electron chi connectivity index (χ4n) is 2.72. The van der Waals surface area contributed by atoms with E-state index in [9.17, 15) is 4.39 Å². The predicted octanol–water partition coefficient (Wildman–Crippen LogP) is 3.19. The Morgan fingerprint density at radius 3 is 2.30 bits per heavy atom. The average Bonchev–Trinajstić information content (AvgIpc) is 2.67. The number of benzene rings is 2. The maximum absolute atomic E-state index is 13.2. The van der Waals surface area contributed by atoms with Crippen molar-refractivity contribution in [2.75, 3.05) is 34.3 Å². The fourth-order valence-corrected chi connectivity index (χ4v) is 2.72. The van der Waals surface area contributed by atoms with Gasteiger partial charge in [0.2, 0.25) is 0 Å². The first-order valence-electron chi connectivity index (χ1n) is 9.10. The minimum Gasteiger partial charge on any atom is -0.497 e.